The first-order chi connectivity index (χ1) is 14.4. The fourth-order valence-electron chi connectivity index (χ4n) is 3.40. The van der Waals surface area contributed by atoms with E-state index in [4.69, 9.17) is 5.11 Å². The molecule has 0 saturated carbocycles. The van der Waals surface area contributed by atoms with Gasteiger partial charge < -0.3 is 26.0 Å². The van der Waals surface area contributed by atoms with Crippen LogP contribution in [-0.2, 0) is 12.8 Å². The number of phenols is 1. The molecule has 5 N–H and O–H groups in total. The minimum atomic E-state index is -0.962. The maximum atomic E-state index is 10.4. The fraction of sp³-hybridized carbons (Fsp3) is 0.458. The zero-order valence-corrected chi connectivity index (χ0v) is 17.7. The molecule has 0 saturated heterocycles. The van der Waals surface area contributed by atoms with E-state index in [2.05, 4.69) is 41.8 Å². The molecule has 0 radical (unpaired) electrons. The molecule has 0 bridgehead atoms. The number of rotatable bonds is 13. The number of amides is 1. The average Bonchev–Trinajstić information content (AvgIpc) is 2.72. The van der Waals surface area contributed by atoms with Gasteiger partial charge in [0.05, 0.1) is 6.10 Å². The molecule has 2 atom stereocenters. The Bertz CT molecular complexity index is 764. The molecule has 2 aromatic carbocycles. The summed E-state index contributed by atoms with van der Waals surface area (Å²) >= 11 is 0. The summed E-state index contributed by atoms with van der Waals surface area (Å²) in [5, 5.41) is 34.0. The molecule has 0 aliphatic heterocycles. The van der Waals surface area contributed by atoms with Gasteiger partial charge in [0.15, 0.2) is 0 Å². The topological polar surface area (TPSA) is 102 Å². The highest BCUT2D eigenvalue weighted by atomic mass is 16.4. The van der Waals surface area contributed by atoms with E-state index in [0.29, 0.717) is 24.7 Å². The lowest BCUT2D eigenvalue weighted by Crippen LogP contribution is -2.30. The van der Waals surface area contributed by atoms with Crippen LogP contribution in [-0.4, -0.2) is 40.5 Å². The Morgan fingerprint density at radius 2 is 1.67 bits per heavy atom. The lowest BCUT2D eigenvalue weighted by molar-refractivity contribution is 0.169. The summed E-state index contributed by atoms with van der Waals surface area (Å²) < 4.78 is 0. The Morgan fingerprint density at radius 3 is 2.30 bits per heavy atom. The number of aliphatic hydroxyl groups excluding tert-OH is 1. The quantitative estimate of drug-likeness (QED) is 0.319. The van der Waals surface area contributed by atoms with E-state index in [1.165, 1.54) is 11.1 Å². The second-order valence-corrected chi connectivity index (χ2v) is 7.82. The second-order valence-electron chi connectivity index (χ2n) is 7.82. The number of aryl methyl sites for hydroxylation is 2. The van der Waals surface area contributed by atoms with E-state index in [-0.39, 0.29) is 5.75 Å². The van der Waals surface area contributed by atoms with E-state index in [0.717, 1.165) is 38.5 Å². The van der Waals surface area contributed by atoms with E-state index >= 15 is 0 Å². The van der Waals surface area contributed by atoms with Gasteiger partial charge in [-0.1, -0.05) is 36.4 Å². The first-order valence-corrected chi connectivity index (χ1v) is 10.7. The van der Waals surface area contributed by atoms with Crippen LogP contribution in [0.15, 0.2) is 48.5 Å². The van der Waals surface area contributed by atoms with Crippen molar-refractivity contribution in [3.63, 3.8) is 0 Å². The molecule has 0 aliphatic carbocycles. The predicted molar refractivity (Wildman–Crippen MR) is 119 cm³/mol. The van der Waals surface area contributed by atoms with Crippen LogP contribution >= 0.6 is 0 Å². The largest absolute Gasteiger partial charge is 0.508 e. The summed E-state index contributed by atoms with van der Waals surface area (Å²) in [5.41, 5.74) is 3.32. The third kappa shape index (κ3) is 9.29. The van der Waals surface area contributed by atoms with Gasteiger partial charge in [-0.05, 0) is 74.3 Å². The number of unbranched alkanes of at least 4 members (excludes halogenated alkanes) is 1. The van der Waals surface area contributed by atoms with Gasteiger partial charge in [0.2, 0.25) is 0 Å². The highest BCUT2D eigenvalue weighted by molar-refractivity contribution is 5.64. The van der Waals surface area contributed by atoms with Gasteiger partial charge in [0.25, 0.3) is 0 Å². The summed E-state index contributed by atoms with van der Waals surface area (Å²) in [6, 6.07) is 15.7. The maximum absolute atomic E-state index is 10.4. The SMILES string of the molecule is CC(CCCc1ccc(CCCCNC(=O)O)cc1)NCC(O)c1cccc(O)c1. The molecule has 2 rings (SSSR count). The van der Waals surface area contributed by atoms with Gasteiger partial charge in [-0.25, -0.2) is 4.79 Å². The van der Waals surface area contributed by atoms with Crippen molar-refractivity contribution in [2.75, 3.05) is 13.1 Å². The summed E-state index contributed by atoms with van der Waals surface area (Å²) in [5.74, 6) is 0.167. The third-order valence-electron chi connectivity index (χ3n) is 5.21. The van der Waals surface area contributed by atoms with Crippen LogP contribution in [0.1, 0.15) is 55.4 Å². The van der Waals surface area contributed by atoms with Crippen LogP contribution in [0, 0.1) is 0 Å². The Labute approximate surface area is 179 Å². The van der Waals surface area contributed by atoms with Crippen LogP contribution in [0.25, 0.3) is 0 Å². The Hall–Kier alpha value is -2.57. The molecule has 2 aromatic rings. The molecular weight excluding hydrogens is 380 g/mol. The molecule has 30 heavy (non-hydrogen) atoms. The van der Waals surface area contributed by atoms with Gasteiger partial charge in [-0.2, -0.15) is 0 Å². The van der Waals surface area contributed by atoms with Crippen molar-refractivity contribution in [3.8, 4) is 5.75 Å². The van der Waals surface area contributed by atoms with Crippen LogP contribution in [0.5, 0.6) is 5.75 Å². The molecule has 6 nitrogen and oxygen atoms in total. The molecule has 2 unspecified atom stereocenters. The van der Waals surface area contributed by atoms with Crippen molar-refractivity contribution in [1.29, 1.82) is 0 Å². The lowest BCUT2D eigenvalue weighted by atomic mass is 10.0. The number of carboxylic acid groups (broad SMARTS) is 1. The van der Waals surface area contributed by atoms with E-state index in [1.807, 2.05) is 6.07 Å². The number of carbonyl (C=O) groups is 1. The summed E-state index contributed by atoms with van der Waals surface area (Å²) in [6.07, 6.45) is 4.29. The average molecular weight is 415 g/mol. The minimum absolute atomic E-state index is 0.167. The lowest BCUT2D eigenvalue weighted by Gasteiger charge is -2.17. The molecule has 0 heterocycles. The van der Waals surface area contributed by atoms with E-state index in [1.54, 1.807) is 18.2 Å². The smallest absolute Gasteiger partial charge is 0.404 e. The monoisotopic (exact) mass is 414 g/mol. The molecule has 164 valence electrons. The molecule has 0 aromatic heterocycles. The molecule has 6 heteroatoms. The standard InChI is InChI=1S/C24H34N2O4/c1-18(26-17-23(28)21-9-5-10-22(27)16-21)6-4-8-20-13-11-19(12-14-20)7-2-3-15-25-24(29)30/h5,9-14,16,18,23,25-28H,2-4,6-8,15,17H2,1H3,(H,29,30). The van der Waals surface area contributed by atoms with Gasteiger partial charge in [0.1, 0.15) is 5.75 Å². The number of benzene rings is 2. The van der Waals surface area contributed by atoms with Gasteiger partial charge in [0, 0.05) is 19.1 Å². The Morgan fingerprint density at radius 1 is 1.00 bits per heavy atom. The van der Waals surface area contributed by atoms with Gasteiger partial charge >= 0.3 is 6.09 Å². The first-order valence-electron chi connectivity index (χ1n) is 10.7. The number of nitrogens with one attached hydrogen (secondary N) is 2. The fourth-order valence-corrected chi connectivity index (χ4v) is 3.40. The minimum Gasteiger partial charge on any atom is -0.508 e. The predicted octanol–water partition coefficient (Wildman–Crippen LogP) is 4.02. The summed E-state index contributed by atoms with van der Waals surface area (Å²) in [7, 11) is 0. The molecule has 0 aliphatic rings. The summed E-state index contributed by atoms with van der Waals surface area (Å²) in [6.45, 7) is 3.09. The highest BCUT2D eigenvalue weighted by Crippen LogP contribution is 2.18. The molecule has 0 fully saturated rings. The number of aliphatic hydroxyl groups is 1. The van der Waals surface area contributed by atoms with Gasteiger partial charge in [-0.3, -0.25) is 0 Å². The maximum Gasteiger partial charge on any atom is 0.404 e. The molecule has 1 amide bonds. The second kappa shape index (κ2) is 12.9. The van der Waals surface area contributed by atoms with E-state index in [9.17, 15) is 15.0 Å². The normalized spacial score (nSPS) is 13.0. The summed E-state index contributed by atoms with van der Waals surface area (Å²) in [4.78, 5) is 10.4. The Balaban J connectivity index is 1.60. The van der Waals surface area contributed by atoms with Crippen LogP contribution in [0.3, 0.4) is 0 Å². The van der Waals surface area contributed by atoms with Crippen LogP contribution in [0.2, 0.25) is 0 Å². The van der Waals surface area contributed by atoms with Crippen molar-refractivity contribution >= 4 is 6.09 Å². The number of phenolic OH excluding ortho intramolecular Hbond substituents is 1. The van der Waals surface area contributed by atoms with Crippen LogP contribution < -0.4 is 10.6 Å². The third-order valence-corrected chi connectivity index (χ3v) is 5.21. The zero-order chi connectivity index (χ0) is 21.8. The number of aromatic hydroxyl groups is 1. The highest BCUT2D eigenvalue weighted by Gasteiger charge is 2.10. The Kier molecular flexibility index (Phi) is 10.2. The first kappa shape index (κ1) is 23.7. The van der Waals surface area contributed by atoms with Crippen molar-refractivity contribution in [3.05, 3.63) is 65.2 Å². The van der Waals surface area contributed by atoms with Crippen LogP contribution in [0.4, 0.5) is 4.79 Å². The number of hydrogen-bond acceptors (Lipinski definition) is 4. The van der Waals surface area contributed by atoms with Gasteiger partial charge in [-0.15, -0.1) is 0 Å². The van der Waals surface area contributed by atoms with E-state index < -0.39 is 12.2 Å². The number of hydrogen-bond donors (Lipinski definition) is 5. The van der Waals surface area contributed by atoms with Crippen molar-refractivity contribution in [1.82, 2.24) is 10.6 Å². The van der Waals surface area contributed by atoms with Crippen molar-refractivity contribution in [2.24, 2.45) is 0 Å². The van der Waals surface area contributed by atoms with Crippen molar-refractivity contribution < 1.29 is 20.1 Å². The molecule has 0 spiro atoms. The van der Waals surface area contributed by atoms with Crippen molar-refractivity contribution in [2.45, 2.75) is 57.6 Å². The molecular formula is C24H34N2O4. The zero-order valence-electron chi connectivity index (χ0n) is 17.7.